The van der Waals surface area contributed by atoms with Gasteiger partial charge < -0.3 is 9.64 Å². The smallest absolute Gasteiger partial charge is 0.246 e. The molecule has 0 aliphatic carbocycles. The maximum atomic E-state index is 12.7. The molecule has 0 bridgehead atoms. The van der Waals surface area contributed by atoms with Crippen LogP contribution < -0.4 is 4.74 Å². The number of hydrogen-bond donors (Lipinski definition) is 0. The fourth-order valence-electron chi connectivity index (χ4n) is 4.27. The Morgan fingerprint density at radius 1 is 1.17 bits per heavy atom. The van der Waals surface area contributed by atoms with E-state index in [-0.39, 0.29) is 11.8 Å². The first-order chi connectivity index (χ1) is 17.6. The molecule has 5 rings (SSSR count). The minimum Gasteiger partial charge on any atom is -0.497 e. The second-order valence-electron chi connectivity index (χ2n) is 8.80. The van der Waals surface area contributed by atoms with Crippen LogP contribution in [0.3, 0.4) is 0 Å². The second-order valence-corrected chi connectivity index (χ2v) is 8.80. The molecule has 4 aromatic rings. The summed E-state index contributed by atoms with van der Waals surface area (Å²) >= 11 is 0. The van der Waals surface area contributed by atoms with E-state index in [9.17, 15) is 4.79 Å². The highest BCUT2D eigenvalue weighted by atomic mass is 16.5. The van der Waals surface area contributed by atoms with Crippen molar-refractivity contribution in [1.29, 1.82) is 0 Å². The first kappa shape index (κ1) is 23.3. The number of fused-ring (bicyclic) bond motifs is 1. The van der Waals surface area contributed by atoms with Gasteiger partial charge in [0.05, 0.1) is 24.5 Å². The van der Waals surface area contributed by atoms with Gasteiger partial charge in [-0.2, -0.15) is 5.10 Å². The second kappa shape index (κ2) is 10.4. The molecule has 1 aliphatic rings. The van der Waals surface area contributed by atoms with Crippen LogP contribution in [0.4, 0.5) is 0 Å². The van der Waals surface area contributed by atoms with Crippen molar-refractivity contribution in [2.45, 2.75) is 12.8 Å². The van der Waals surface area contributed by atoms with E-state index in [0.717, 1.165) is 52.0 Å². The minimum atomic E-state index is 0.0279. The molecular formula is C29H27N5O2. The first-order valence-electron chi connectivity index (χ1n) is 12.0. The first-order valence-corrected chi connectivity index (χ1v) is 12.0. The number of aryl methyl sites for hydroxylation is 1. The van der Waals surface area contributed by atoms with Gasteiger partial charge in [0.15, 0.2) is 0 Å². The molecule has 3 aromatic heterocycles. The van der Waals surface area contributed by atoms with Gasteiger partial charge in [-0.15, -0.1) is 0 Å². The molecule has 1 aliphatic heterocycles. The quantitative estimate of drug-likeness (QED) is 0.323. The van der Waals surface area contributed by atoms with Gasteiger partial charge in [-0.05, 0) is 60.7 Å². The van der Waals surface area contributed by atoms with Crippen molar-refractivity contribution in [2.24, 2.45) is 13.0 Å². The summed E-state index contributed by atoms with van der Waals surface area (Å²) in [5.41, 5.74) is 4.29. The number of carbonyl (C=O) groups excluding carboxylic acids is 1. The molecule has 4 heterocycles. The Balaban J connectivity index is 1.26. The number of amides is 1. The van der Waals surface area contributed by atoms with E-state index < -0.39 is 0 Å². The van der Waals surface area contributed by atoms with Crippen molar-refractivity contribution in [1.82, 2.24) is 24.6 Å². The molecular weight excluding hydrogens is 450 g/mol. The lowest BCUT2D eigenvalue weighted by Gasteiger charge is -2.29. The average Bonchev–Trinajstić information content (AvgIpc) is 3.37. The summed E-state index contributed by atoms with van der Waals surface area (Å²) in [4.78, 5) is 23.9. The van der Waals surface area contributed by atoms with Gasteiger partial charge in [0, 0.05) is 55.5 Å². The molecule has 7 nitrogen and oxygen atoms in total. The molecule has 1 saturated heterocycles. The summed E-state index contributed by atoms with van der Waals surface area (Å²) in [6.45, 7) is 1.38. The van der Waals surface area contributed by atoms with Crippen molar-refractivity contribution in [2.75, 3.05) is 20.2 Å². The fourth-order valence-corrected chi connectivity index (χ4v) is 4.27. The van der Waals surface area contributed by atoms with Gasteiger partial charge in [0.2, 0.25) is 5.91 Å². The maximum absolute atomic E-state index is 12.7. The van der Waals surface area contributed by atoms with Crippen LogP contribution in [0.15, 0.2) is 67.1 Å². The Hall–Kier alpha value is -4.44. The van der Waals surface area contributed by atoms with Gasteiger partial charge in [-0.3, -0.25) is 14.5 Å². The highest BCUT2D eigenvalue weighted by molar-refractivity contribution is 5.92. The standard InChI is InChI=1S/C29H27N5O2/c1-33-20-23(19-31-33)27-18-28-25(4-3-15-30-28)26(32-27)11-7-22-13-16-34(17-14-22)29(35)12-8-21-5-9-24(36-2)10-6-21/h3-6,8-10,12,15,18-20,22H,13-14,16-17H2,1-2H3/b12-8+. The van der Waals surface area contributed by atoms with Crippen molar-refractivity contribution >= 4 is 22.9 Å². The largest absolute Gasteiger partial charge is 0.497 e. The van der Waals surface area contributed by atoms with Gasteiger partial charge in [0.1, 0.15) is 11.4 Å². The summed E-state index contributed by atoms with van der Waals surface area (Å²) < 4.78 is 6.93. The van der Waals surface area contributed by atoms with E-state index >= 15 is 0 Å². The van der Waals surface area contributed by atoms with Crippen LogP contribution in [-0.4, -0.2) is 50.8 Å². The highest BCUT2D eigenvalue weighted by Gasteiger charge is 2.20. The van der Waals surface area contributed by atoms with E-state index in [4.69, 9.17) is 9.72 Å². The number of nitrogens with zero attached hydrogens (tertiary/aromatic N) is 5. The van der Waals surface area contributed by atoms with Crippen LogP contribution in [0.25, 0.3) is 28.2 Å². The number of carbonyl (C=O) groups is 1. The predicted molar refractivity (Wildman–Crippen MR) is 140 cm³/mol. The zero-order valence-corrected chi connectivity index (χ0v) is 20.4. The van der Waals surface area contributed by atoms with Crippen LogP contribution in [0.5, 0.6) is 5.75 Å². The zero-order chi connectivity index (χ0) is 24.9. The molecule has 36 heavy (non-hydrogen) atoms. The topological polar surface area (TPSA) is 73.1 Å². The lowest BCUT2D eigenvalue weighted by Crippen LogP contribution is -2.37. The SMILES string of the molecule is COc1ccc(/C=C/C(=O)N2CCC(C#Cc3nc(-c4cnn(C)c4)cc4ncccc34)CC2)cc1. The van der Waals surface area contributed by atoms with Crippen LogP contribution in [-0.2, 0) is 11.8 Å². The number of aromatic nitrogens is 4. The third kappa shape index (κ3) is 5.28. The predicted octanol–water partition coefficient (Wildman–Crippen LogP) is 4.34. The lowest BCUT2D eigenvalue weighted by atomic mass is 9.97. The molecule has 7 heteroatoms. The molecule has 1 aromatic carbocycles. The van der Waals surface area contributed by atoms with E-state index in [1.807, 2.05) is 66.7 Å². The van der Waals surface area contributed by atoms with Gasteiger partial charge in [-0.25, -0.2) is 4.98 Å². The van der Waals surface area contributed by atoms with Crippen molar-refractivity contribution in [3.8, 4) is 28.8 Å². The fraction of sp³-hybridized carbons (Fsp3) is 0.241. The van der Waals surface area contributed by atoms with Crippen LogP contribution in [0.2, 0.25) is 0 Å². The molecule has 0 radical (unpaired) electrons. The summed E-state index contributed by atoms with van der Waals surface area (Å²) in [6.07, 6.45) is 10.7. The Morgan fingerprint density at radius 3 is 2.69 bits per heavy atom. The number of likely N-dealkylation sites (tertiary alicyclic amines) is 1. The van der Waals surface area contributed by atoms with E-state index in [2.05, 4.69) is 21.9 Å². The summed E-state index contributed by atoms with van der Waals surface area (Å²) in [5.74, 6) is 7.77. The third-order valence-electron chi connectivity index (χ3n) is 6.34. The van der Waals surface area contributed by atoms with E-state index in [1.54, 1.807) is 30.3 Å². The minimum absolute atomic E-state index is 0.0279. The third-order valence-corrected chi connectivity index (χ3v) is 6.34. The molecule has 0 unspecified atom stereocenters. The molecule has 0 N–H and O–H groups in total. The number of piperidine rings is 1. The van der Waals surface area contributed by atoms with E-state index in [1.165, 1.54) is 0 Å². The van der Waals surface area contributed by atoms with Crippen LogP contribution in [0.1, 0.15) is 24.1 Å². The zero-order valence-electron chi connectivity index (χ0n) is 20.4. The lowest BCUT2D eigenvalue weighted by molar-refractivity contribution is -0.127. The Bertz CT molecular complexity index is 1470. The Morgan fingerprint density at radius 2 is 1.97 bits per heavy atom. The monoisotopic (exact) mass is 477 g/mol. The number of methoxy groups -OCH3 is 1. The Kier molecular flexibility index (Phi) is 6.76. The molecule has 0 atom stereocenters. The highest BCUT2D eigenvalue weighted by Crippen LogP contribution is 2.24. The molecule has 1 fully saturated rings. The molecule has 180 valence electrons. The molecule has 0 saturated carbocycles. The number of hydrogen-bond acceptors (Lipinski definition) is 5. The summed E-state index contributed by atoms with van der Waals surface area (Å²) in [6, 6.07) is 13.5. The summed E-state index contributed by atoms with van der Waals surface area (Å²) in [7, 11) is 3.52. The molecule has 1 amide bonds. The maximum Gasteiger partial charge on any atom is 0.246 e. The van der Waals surface area contributed by atoms with Gasteiger partial charge in [0.25, 0.3) is 0 Å². The number of pyridine rings is 2. The number of ether oxygens (including phenoxy) is 1. The van der Waals surface area contributed by atoms with Crippen molar-refractivity contribution in [3.05, 3.63) is 78.4 Å². The summed E-state index contributed by atoms with van der Waals surface area (Å²) in [5, 5.41) is 5.20. The average molecular weight is 478 g/mol. The van der Waals surface area contributed by atoms with Crippen molar-refractivity contribution in [3.63, 3.8) is 0 Å². The van der Waals surface area contributed by atoms with Crippen LogP contribution >= 0.6 is 0 Å². The van der Waals surface area contributed by atoms with Crippen molar-refractivity contribution < 1.29 is 9.53 Å². The van der Waals surface area contributed by atoms with Gasteiger partial charge >= 0.3 is 0 Å². The normalized spacial score (nSPS) is 14.1. The van der Waals surface area contributed by atoms with Gasteiger partial charge in [-0.1, -0.05) is 18.1 Å². The Labute approximate surface area is 210 Å². The number of benzene rings is 1. The molecule has 0 spiro atoms. The number of rotatable bonds is 4. The van der Waals surface area contributed by atoms with Crippen LogP contribution in [0, 0.1) is 17.8 Å². The van der Waals surface area contributed by atoms with E-state index in [0.29, 0.717) is 13.1 Å².